The smallest absolute Gasteiger partial charge is 0.0773 e. The van der Waals surface area contributed by atoms with Crippen molar-refractivity contribution in [2.75, 3.05) is 0 Å². The monoisotopic (exact) mass is 322 g/mol. The first-order chi connectivity index (χ1) is 8.56. The highest BCUT2D eigenvalue weighted by Crippen LogP contribution is 2.34. The van der Waals surface area contributed by atoms with Gasteiger partial charge in [-0.1, -0.05) is 45.4 Å². The second-order valence-corrected chi connectivity index (χ2v) is 6.30. The Bertz CT molecular complexity index is 535. The maximum atomic E-state index is 9.82. The van der Waals surface area contributed by atoms with Crippen molar-refractivity contribution >= 4 is 27.7 Å². The molecule has 2 aromatic carbocycles. The average molecular weight is 323 g/mol. The number of benzene rings is 2. The third-order valence-electron chi connectivity index (χ3n) is 2.67. The molecule has 1 N–H and O–H groups in total. The fourth-order valence-corrected chi connectivity index (χ4v) is 3.06. The fraction of sp³-hybridized carbons (Fsp3) is 0.200. The molecule has 0 aliphatic carbocycles. The Morgan fingerprint density at radius 3 is 2.39 bits per heavy atom. The number of hydrogen-bond donors (Lipinski definition) is 1. The molecule has 1 nitrogen and oxygen atoms in total. The first-order valence-corrected chi connectivity index (χ1v) is 7.39. The lowest BCUT2D eigenvalue weighted by atomic mass is 10.1. The van der Waals surface area contributed by atoms with E-state index >= 15 is 0 Å². The molecule has 0 saturated heterocycles. The first kappa shape index (κ1) is 13.7. The van der Waals surface area contributed by atoms with E-state index in [9.17, 15) is 5.11 Å². The molecule has 0 saturated carbocycles. The van der Waals surface area contributed by atoms with Gasteiger partial charge in [0.25, 0.3) is 0 Å². The van der Waals surface area contributed by atoms with Crippen LogP contribution in [0.3, 0.4) is 0 Å². The fourth-order valence-electron chi connectivity index (χ4n) is 1.67. The van der Waals surface area contributed by atoms with Crippen molar-refractivity contribution in [2.45, 2.75) is 29.7 Å². The second kappa shape index (κ2) is 5.91. The van der Waals surface area contributed by atoms with Gasteiger partial charge in [-0.3, -0.25) is 0 Å². The van der Waals surface area contributed by atoms with Gasteiger partial charge in [0.15, 0.2) is 0 Å². The Balaban J connectivity index is 2.31. The molecule has 0 aliphatic rings. The van der Waals surface area contributed by atoms with E-state index in [-0.39, 0.29) is 0 Å². The summed E-state index contributed by atoms with van der Waals surface area (Å²) >= 11 is 5.12. The van der Waals surface area contributed by atoms with Crippen molar-refractivity contribution in [3.8, 4) is 0 Å². The molecular weight excluding hydrogens is 308 g/mol. The van der Waals surface area contributed by atoms with Gasteiger partial charge in [0.2, 0.25) is 0 Å². The Morgan fingerprint density at radius 2 is 1.78 bits per heavy atom. The lowest BCUT2D eigenvalue weighted by Crippen LogP contribution is -1.94. The van der Waals surface area contributed by atoms with Crippen LogP contribution in [0.5, 0.6) is 0 Å². The molecule has 3 heteroatoms. The molecule has 2 rings (SSSR count). The standard InChI is InChI=1S/C15H15BrOS/c1-10-3-6-13(7-4-10)18-15-8-5-12(16)9-14(15)11(2)17/h3-9,11,17H,1-2H3. The minimum absolute atomic E-state index is 0.463. The van der Waals surface area contributed by atoms with Crippen LogP contribution < -0.4 is 0 Å². The third-order valence-corrected chi connectivity index (χ3v) is 4.26. The van der Waals surface area contributed by atoms with E-state index in [1.165, 1.54) is 10.5 Å². The second-order valence-electron chi connectivity index (χ2n) is 4.27. The zero-order valence-electron chi connectivity index (χ0n) is 10.4. The molecule has 0 bridgehead atoms. The molecule has 0 fully saturated rings. The van der Waals surface area contributed by atoms with Crippen molar-refractivity contribution < 1.29 is 5.11 Å². The Kier molecular flexibility index (Phi) is 4.49. The molecule has 0 radical (unpaired) electrons. The SMILES string of the molecule is Cc1ccc(Sc2ccc(Br)cc2C(C)O)cc1. The van der Waals surface area contributed by atoms with Crippen LogP contribution in [0.15, 0.2) is 56.7 Å². The molecule has 0 spiro atoms. The van der Waals surface area contributed by atoms with Gasteiger partial charge >= 0.3 is 0 Å². The summed E-state index contributed by atoms with van der Waals surface area (Å²) in [6.07, 6.45) is -0.463. The summed E-state index contributed by atoms with van der Waals surface area (Å²) in [6.45, 7) is 3.87. The van der Waals surface area contributed by atoms with Crippen molar-refractivity contribution in [1.29, 1.82) is 0 Å². The average Bonchev–Trinajstić information content (AvgIpc) is 2.34. The maximum absolute atomic E-state index is 9.82. The molecule has 0 amide bonds. The van der Waals surface area contributed by atoms with Crippen molar-refractivity contribution in [2.24, 2.45) is 0 Å². The van der Waals surface area contributed by atoms with Crippen LogP contribution in [0.25, 0.3) is 0 Å². The number of hydrogen-bond acceptors (Lipinski definition) is 2. The van der Waals surface area contributed by atoms with Gasteiger partial charge in [-0.2, -0.15) is 0 Å². The molecular formula is C15H15BrOS. The summed E-state index contributed by atoms with van der Waals surface area (Å²) in [4.78, 5) is 2.28. The number of aryl methyl sites for hydroxylation is 1. The van der Waals surface area contributed by atoms with Crippen LogP contribution in [0.1, 0.15) is 24.2 Å². The molecule has 0 aromatic heterocycles. The topological polar surface area (TPSA) is 20.2 Å². The molecule has 0 heterocycles. The predicted octanol–water partition coefficient (Wildman–Crippen LogP) is 4.96. The summed E-state index contributed by atoms with van der Waals surface area (Å²) in [5.41, 5.74) is 2.21. The van der Waals surface area contributed by atoms with Gasteiger partial charge in [-0.25, -0.2) is 0 Å². The van der Waals surface area contributed by atoms with Gasteiger partial charge in [0.1, 0.15) is 0 Å². The maximum Gasteiger partial charge on any atom is 0.0773 e. The zero-order chi connectivity index (χ0) is 13.1. The van der Waals surface area contributed by atoms with Crippen LogP contribution in [0.4, 0.5) is 0 Å². The van der Waals surface area contributed by atoms with E-state index in [1.807, 2.05) is 18.2 Å². The highest BCUT2D eigenvalue weighted by molar-refractivity contribution is 9.10. The van der Waals surface area contributed by atoms with Crippen LogP contribution >= 0.6 is 27.7 Å². The third kappa shape index (κ3) is 3.37. The van der Waals surface area contributed by atoms with Crippen LogP contribution in [0.2, 0.25) is 0 Å². The minimum atomic E-state index is -0.463. The van der Waals surface area contributed by atoms with Gasteiger partial charge in [-0.05, 0) is 49.7 Å². The molecule has 1 atom stereocenters. The molecule has 1 unspecified atom stereocenters. The normalized spacial score (nSPS) is 12.4. The largest absolute Gasteiger partial charge is 0.389 e. The number of aliphatic hydroxyl groups excluding tert-OH is 1. The number of halogens is 1. The van der Waals surface area contributed by atoms with Crippen molar-refractivity contribution in [3.63, 3.8) is 0 Å². The zero-order valence-corrected chi connectivity index (χ0v) is 12.8. The number of aliphatic hydroxyl groups is 1. The number of rotatable bonds is 3. The van der Waals surface area contributed by atoms with Crippen molar-refractivity contribution in [1.82, 2.24) is 0 Å². The quantitative estimate of drug-likeness (QED) is 0.861. The first-order valence-electron chi connectivity index (χ1n) is 5.78. The molecule has 94 valence electrons. The van der Waals surface area contributed by atoms with Gasteiger partial charge in [-0.15, -0.1) is 0 Å². The van der Waals surface area contributed by atoms with E-state index in [2.05, 4.69) is 47.1 Å². The summed E-state index contributed by atoms with van der Waals surface area (Å²) < 4.78 is 0.992. The van der Waals surface area contributed by atoms with Gasteiger partial charge in [0, 0.05) is 14.3 Å². The summed E-state index contributed by atoms with van der Waals surface area (Å²) in [6, 6.07) is 14.4. The summed E-state index contributed by atoms with van der Waals surface area (Å²) in [7, 11) is 0. The summed E-state index contributed by atoms with van der Waals surface area (Å²) in [5.74, 6) is 0. The van der Waals surface area contributed by atoms with Crippen LogP contribution in [0, 0.1) is 6.92 Å². The predicted molar refractivity (Wildman–Crippen MR) is 80.1 cm³/mol. The lowest BCUT2D eigenvalue weighted by Gasteiger charge is -2.12. The van der Waals surface area contributed by atoms with Gasteiger partial charge < -0.3 is 5.11 Å². The Labute approximate surface area is 120 Å². The van der Waals surface area contributed by atoms with Gasteiger partial charge in [0.05, 0.1) is 6.10 Å². The van der Waals surface area contributed by atoms with E-state index in [0.717, 1.165) is 14.9 Å². The van der Waals surface area contributed by atoms with E-state index < -0.39 is 6.10 Å². The Morgan fingerprint density at radius 1 is 1.11 bits per heavy atom. The van der Waals surface area contributed by atoms with Crippen molar-refractivity contribution in [3.05, 3.63) is 58.1 Å². The minimum Gasteiger partial charge on any atom is -0.389 e. The Hall–Kier alpha value is -0.770. The van der Waals surface area contributed by atoms with E-state index in [1.54, 1.807) is 18.7 Å². The molecule has 0 aliphatic heterocycles. The van der Waals surface area contributed by atoms with E-state index in [0.29, 0.717) is 0 Å². The van der Waals surface area contributed by atoms with Crippen LogP contribution in [-0.4, -0.2) is 5.11 Å². The highest BCUT2D eigenvalue weighted by atomic mass is 79.9. The van der Waals surface area contributed by atoms with Crippen LogP contribution in [-0.2, 0) is 0 Å². The molecule has 18 heavy (non-hydrogen) atoms. The highest BCUT2D eigenvalue weighted by Gasteiger charge is 2.09. The van der Waals surface area contributed by atoms with E-state index in [4.69, 9.17) is 0 Å². The summed E-state index contributed by atoms with van der Waals surface area (Å²) in [5, 5.41) is 9.82. The molecule has 2 aromatic rings. The lowest BCUT2D eigenvalue weighted by molar-refractivity contribution is 0.196.